The first-order valence-corrected chi connectivity index (χ1v) is 8.21. The van der Waals surface area contributed by atoms with Gasteiger partial charge in [0.25, 0.3) is 0 Å². The number of nitrogens with zero attached hydrogens (tertiary/aromatic N) is 4. The number of hydrogen-bond acceptors (Lipinski definition) is 6. The second-order valence-electron chi connectivity index (χ2n) is 5.98. The van der Waals surface area contributed by atoms with E-state index in [1.165, 1.54) is 0 Å². The molecular formula is C17H22N6O. The highest BCUT2D eigenvalue weighted by molar-refractivity contribution is 5.76. The molecule has 1 fully saturated rings. The molecule has 1 aliphatic heterocycles. The summed E-state index contributed by atoms with van der Waals surface area (Å²) in [5, 5.41) is 3.25. The van der Waals surface area contributed by atoms with E-state index < -0.39 is 0 Å². The van der Waals surface area contributed by atoms with Crippen molar-refractivity contribution in [1.82, 2.24) is 19.9 Å². The minimum absolute atomic E-state index is 0.0242. The maximum Gasteiger partial charge on any atom is 0.223 e. The van der Waals surface area contributed by atoms with Crippen molar-refractivity contribution in [3.05, 3.63) is 36.8 Å². The number of aromatic nitrogens is 3. The van der Waals surface area contributed by atoms with E-state index >= 15 is 0 Å². The van der Waals surface area contributed by atoms with E-state index in [1.54, 1.807) is 18.6 Å². The molecule has 7 heteroatoms. The molecule has 3 rings (SSSR count). The van der Waals surface area contributed by atoms with Gasteiger partial charge in [-0.25, -0.2) is 9.97 Å². The molecule has 0 radical (unpaired) electrons. The van der Waals surface area contributed by atoms with Gasteiger partial charge in [-0.3, -0.25) is 9.78 Å². The summed E-state index contributed by atoms with van der Waals surface area (Å²) < 4.78 is 0. The van der Waals surface area contributed by atoms with E-state index in [2.05, 4.69) is 25.2 Å². The Balaban J connectivity index is 1.53. The Hall–Kier alpha value is -2.54. The number of amides is 1. The highest BCUT2D eigenvalue weighted by Gasteiger charge is 2.23. The third-order valence-electron chi connectivity index (χ3n) is 4.23. The fourth-order valence-electron chi connectivity index (χ4n) is 2.94. The van der Waals surface area contributed by atoms with Crippen molar-refractivity contribution < 1.29 is 4.79 Å². The normalized spacial score (nSPS) is 18.2. The van der Waals surface area contributed by atoms with Gasteiger partial charge in [0.15, 0.2) is 0 Å². The SMILES string of the molecule is NC(=O)[C@H]1CCCN(CCNc2nccc(-c3cccnc3)n2)C1. The standard InChI is InChI=1S/C17H22N6O/c18-16(24)14-4-2-9-23(12-14)10-8-21-17-20-7-5-15(22-17)13-3-1-6-19-11-13/h1,3,5-7,11,14H,2,4,8-10,12H2,(H2,18,24)(H,20,21,22)/t14-/m0/s1. The van der Waals surface area contributed by atoms with Gasteiger partial charge in [-0.15, -0.1) is 0 Å². The van der Waals surface area contributed by atoms with Crippen molar-refractivity contribution in [2.45, 2.75) is 12.8 Å². The number of nitrogens with two attached hydrogens (primary N) is 1. The molecule has 2 aromatic rings. The zero-order valence-electron chi connectivity index (χ0n) is 13.6. The van der Waals surface area contributed by atoms with Crippen LogP contribution in [0.4, 0.5) is 5.95 Å². The first-order valence-electron chi connectivity index (χ1n) is 8.21. The van der Waals surface area contributed by atoms with Crippen LogP contribution in [-0.4, -0.2) is 51.9 Å². The van der Waals surface area contributed by atoms with Gasteiger partial charge in [-0.05, 0) is 37.6 Å². The number of carbonyl (C=O) groups excluding carboxylic acids is 1. The van der Waals surface area contributed by atoms with Crippen LogP contribution in [-0.2, 0) is 4.79 Å². The molecule has 0 aromatic carbocycles. The van der Waals surface area contributed by atoms with Crippen molar-refractivity contribution in [1.29, 1.82) is 0 Å². The number of rotatable bonds is 6. The number of hydrogen-bond donors (Lipinski definition) is 2. The lowest BCUT2D eigenvalue weighted by Gasteiger charge is -2.31. The summed E-state index contributed by atoms with van der Waals surface area (Å²) in [4.78, 5) is 26.5. The van der Waals surface area contributed by atoms with Gasteiger partial charge in [0.1, 0.15) is 0 Å². The van der Waals surface area contributed by atoms with Crippen molar-refractivity contribution in [3.8, 4) is 11.3 Å². The molecule has 1 aliphatic rings. The number of likely N-dealkylation sites (tertiary alicyclic amines) is 1. The van der Waals surface area contributed by atoms with E-state index in [0.29, 0.717) is 5.95 Å². The molecule has 0 bridgehead atoms. The van der Waals surface area contributed by atoms with Gasteiger partial charge in [0, 0.05) is 43.8 Å². The Morgan fingerprint density at radius 2 is 2.29 bits per heavy atom. The fraction of sp³-hybridized carbons (Fsp3) is 0.412. The predicted molar refractivity (Wildman–Crippen MR) is 92.1 cm³/mol. The molecule has 24 heavy (non-hydrogen) atoms. The molecule has 0 aliphatic carbocycles. The lowest BCUT2D eigenvalue weighted by atomic mass is 9.97. The first kappa shape index (κ1) is 16.3. The summed E-state index contributed by atoms with van der Waals surface area (Å²) in [6.07, 6.45) is 7.17. The molecule has 1 atom stereocenters. The summed E-state index contributed by atoms with van der Waals surface area (Å²) in [7, 11) is 0. The predicted octanol–water partition coefficient (Wildman–Crippen LogP) is 1.15. The number of primary amides is 1. The summed E-state index contributed by atoms with van der Waals surface area (Å²) in [6.45, 7) is 3.31. The van der Waals surface area contributed by atoms with Crippen LogP contribution < -0.4 is 11.1 Å². The van der Waals surface area contributed by atoms with Crippen molar-refractivity contribution in [3.63, 3.8) is 0 Å². The van der Waals surface area contributed by atoms with Crippen molar-refractivity contribution in [2.75, 3.05) is 31.5 Å². The summed E-state index contributed by atoms with van der Waals surface area (Å²) in [5.41, 5.74) is 7.22. The minimum atomic E-state index is -0.194. The van der Waals surface area contributed by atoms with Crippen molar-refractivity contribution >= 4 is 11.9 Å². The van der Waals surface area contributed by atoms with Crippen LogP contribution in [0.15, 0.2) is 36.8 Å². The highest BCUT2D eigenvalue weighted by atomic mass is 16.1. The van der Waals surface area contributed by atoms with Crippen molar-refractivity contribution in [2.24, 2.45) is 11.7 Å². The van der Waals surface area contributed by atoms with Gasteiger partial charge in [0.05, 0.1) is 11.6 Å². The van der Waals surface area contributed by atoms with Gasteiger partial charge >= 0.3 is 0 Å². The fourth-order valence-corrected chi connectivity index (χ4v) is 2.94. The van der Waals surface area contributed by atoms with Crippen LogP contribution >= 0.6 is 0 Å². The molecule has 0 saturated carbocycles. The van der Waals surface area contributed by atoms with E-state index in [1.807, 2.05) is 18.2 Å². The Morgan fingerprint density at radius 3 is 3.08 bits per heavy atom. The summed E-state index contributed by atoms with van der Waals surface area (Å²) >= 11 is 0. The number of piperidine rings is 1. The average Bonchev–Trinajstić information content (AvgIpc) is 2.63. The Morgan fingerprint density at radius 1 is 1.38 bits per heavy atom. The number of anilines is 1. The molecule has 3 N–H and O–H groups in total. The quantitative estimate of drug-likeness (QED) is 0.826. The Bertz CT molecular complexity index is 678. The number of pyridine rings is 1. The Kier molecular flexibility index (Phi) is 5.32. The molecule has 0 unspecified atom stereocenters. The van der Waals surface area contributed by atoms with Crippen LogP contribution in [0.3, 0.4) is 0 Å². The second-order valence-corrected chi connectivity index (χ2v) is 5.98. The lowest BCUT2D eigenvalue weighted by Crippen LogP contribution is -2.42. The third kappa shape index (κ3) is 4.26. The molecule has 1 amide bonds. The lowest BCUT2D eigenvalue weighted by molar-refractivity contribution is -0.123. The van der Waals surface area contributed by atoms with Crippen LogP contribution in [0, 0.1) is 5.92 Å². The molecular weight excluding hydrogens is 304 g/mol. The maximum atomic E-state index is 11.3. The van der Waals surface area contributed by atoms with Gasteiger partial charge in [-0.2, -0.15) is 0 Å². The van der Waals surface area contributed by atoms with E-state index in [0.717, 1.165) is 50.3 Å². The monoisotopic (exact) mass is 326 g/mol. The first-order chi connectivity index (χ1) is 11.7. The smallest absolute Gasteiger partial charge is 0.223 e. The van der Waals surface area contributed by atoms with Gasteiger partial charge < -0.3 is 16.0 Å². The number of carbonyl (C=O) groups is 1. The van der Waals surface area contributed by atoms with Gasteiger partial charge in [-0.1, -0.05) is 0 Å². The van der Waals surface area contributed by atoms with E-state index in [-0.39, 0.29) is 11.8 Å². The third-order valence-corrected chi connectivity index (χ3v) is 4.23. The van der Waals surface area contributed by atoms with E-state index in [9.17, 15) is 4.79 Å². The molecule has 0 spiro atoms. The van der Waals surface area contributed by atoms with E-state index in [4.69, 9.17) is 5.73 Å². The molecule has 1 saturated heterocycles. The van der Waals surface area contributed by atoms with Crippen LogP contribution in [0.5, 0.6) is 0 Å². The highest BCUT2D eigenvalue weighted by Crippen LogP contribution is 2.17. The van der Waals surface area contributed by atoms with Crippen LogP contribution in [0.1, 0.15) is 12.8 Å². The largest absolute Gasteiger partial charge is 0.369 e. The average molecular weight is 326 g/mol. The summed E-state index contributed by atoms with van der Waals surface area (Å²) in [5.74, 6) is 0.379. The van der Waals surface area contributed by atoms with Crippen LogP contribution in [0.2, 0.25) is 0 Å². The van der Waals surface area contributed by atoms with Crippen LogP contribution in [0.25, 0.3) is 11.3 Å². The molecule has 2 aromatic heterocycles. The topological polar surface area (TPSA) is 97.0 Å². The second kappa shape index (κ2) is 7.83. The zero-order valence-corrected chi connectivity index (χ0v) is 13.6. The molecule has 3 heterocycles. The number of nitrogens with one attached hydrogen (secondary N) is 1. The van der Waals surface area contributed by atoms with Gasteiger partial charge in [0.2, 0.25) is 11.9 Å². The minimum Gasteiger partial charge on any atom is -0.369 e. The zero-order chi connectivity index (χ0) is 16.8. The summed E-state index contributed by atoms with van der Waals surface area (Å²) in [6, 6.07) is 5.72. The Labute approximate surface area is 141 Å². The molecule has 126 valence electrons. The maximum absolute atomic E-state index is 11.3. The molecule has 7 nitrogen and oxygen atoms in total.